The zero-order chi connectivity index (χ0) is 17.6. The van der Waals surface area contributed by atoms with Crippen LogP contribution in [0.5, 0.6) is 0 Å². The van der Waals surface area contributed by atoms with Gasteiger partial charge < -0.3 is 15.5 Å². The van der Waals surface area contributed by atoms with E-state index in [1.807, 2.05) is 18.4 Å². The van der Waals surface area contributed by atoms with Gasteiger partial charge in [-0.1, -0.05) is 18.9 Å². The number of likely N-dealkylation sites (N-methyl/N-ethyl adjacent to an activating group) is 1. The van der Waals surface area contributed by atoms with Crippen molar-refractivity contribution in [1.82, 2.24) is 20.4 Å². The van der Waals surface area contributed by atoms with Gasteiger partial charge in [0.25, 0.3) is 0 Å². The number of nitrogens with one attached hydrogen (secondary N) is 2. The van der Waals surface area contributed by atoms with Crippen LogP contribution in [0.4, 0.5) is 0 Å². The van der Waals surface area contributed by atoms with Gasteiger partial charge in [-0.05, 0) is 44.8 Å². The molecule has 2 heterocycles. The normalized spacial score (nSPS) is 23.2. The Labute approximate surface area is 179 Å². The van der Waals surface area contributed by atoms with Crippen LogP contribution in [-0.4, -0.2) is 68.6 Å². The lowest BCUT2D eigenvalue weighted by atomic mass is 10.2. The summed E-state index contributed by atoms with van der Waals surface area (Å²) in [6.45, 7) is 3.26. The molecule has 26 heavy (non-hydrogen) atoms. The van der Waals surface area contributed by atoms with E-state index in [0.717, 1.165) is 25.1 Å². The van der Waals surface area contributed by atoms with Crippen LogP contribution >= 0.6 is 35.3 Å². The minimum atomic E-state index is 0. The first-order chi connectivity index (χ1) is 12.2. The first kappa shape index (κ1) is 21.9. The minimum Gasteiger partial charge on any atom is -0.354 e. The number of aliphatic imine (C=N–C) groups is 1. The van der Waals surface area contributed by atoms with E-state index in [0.29, 0.717) is 12.1 Å². The molecule has 2 atom stereocenters. The summed E-state index contributed by atoms with van der Waals surface area (Å²) in [5.41, 5.74) is 0. The van der Waals surface area contributed by atoms with Crippen LogP contribution in [0.1, 0.15) is 43.0 Å². The van der Waals surface area contributed by atoms with Gasteiger partial charge in [0.1, 0.15) is 0 Å². The summed E-state index contributed by atoms with van der Waals surface area (Å²) in [7, 11) is 6.15. The third kappa shape index (κ3) is 5.81. The lowest BCUT2D eigenvalue weighted by molar-refractivity contribution is 0.242. The highest BCUT2D eigenvalue weighted by Crippen LogP contribution is 2.26. The van der Waals surface area contributed by atoms with Gasteiger partial charge in [0.2, 0.25) is 0 Å². The topological polar surface area (TPSA) is 42.9 Å². The molecule has 7 heteroatoms. The van der Waals surface area contributed by atoms with Crippen molar-refractivity contribution in [3.8, 4) is 0 Å². The van der Waals surface area contributed by atoms with Crippen LogP contribution in [0.2, 0.25) is 0 Å². The molecule has 1 saturated heterocycles. The second-order valence-corrected chi connectivity index (χ2v) is 8.49. The van der Waals surface area contributed by atoms with E-state index < -0.39 is 0 Å². The Balaban J connectivity index is 0.00000243. The van der Waals surface area contributed by atoms with Crippen molar-refractivity contribution in [2.75, 3.05) is 40.8 Å². The molecule has 1 saturated carbocycles. The number of hydrogen-bond donors (Lipinski definition) is 2. The summed E-state index contributed by atoms with van der Waals surface area (Å²) < 4.78 is 0. The highest BCUT2D eigenvalue weighted by molar-refractivity contribution is 14.0. The van der Waals surface area contributed by atoms with E-state index in [-0.39, 0.29) is 24.0 Å². The Morgan fingerprint density at radius 2 is 2.12 bits per heavy atom. The van der Waals surface area contributed by atoms with Gasteiger partial charge >= 0.3 is 0 Å². The number of thiophene rings is 1. The molecule has 1 aromatic rings. The molecular formula is C19H34IN5S. The number of rotatable bonds is 6. The molecule has 148 valence electrons. The quantitative estimate of drug-likeness (QED) is 0.365. The van der Waals surface area contributed by atoms with Gasteiger partial charge in [-0.15, -0.1) is 35.3 Å². The maximum Gasteiger partial charge on any atom is 0.191 e. The Morgan fingerprint density at radius 3 is 2.73 bits per heavy atom. The van der Waals surface area contributed by atoms with E-state index >= 15 is 0 Å². The fraction of sp³-hybridized carbons (Fsp3) is 0.737. The van der Waals surface area contributed by atoms with E-state index in [9.17, 15) is 0 Å². The molecule has 2 fully saturated rings. The van der Waals surface area contributed by atoms with Crippen LogP contribution in [0, 0.1) is 0 Å². The van der Waals surface area contributed by atoms with Gasteiger partial charge in [0.15, 0.2) is 5.96 Å². The zero-order valence-electron chi connectivity index (χ0n) is 16.3. The third-order valence-electron chi connectivity index (χ3n) is 5.58. The number of hydrogen-bond acceptors (Lipinski definition) is 4. The molecule has 1 aliphatic heterocycles. The van der Waals surface area contributed by atoms with E-state index in [2.05, 4.69) is 57.0 Å². The zero-order valence-corrected chi connectivity index (χ0v) is 19.4. The lowest BCUT2D eigenvalue weighted by Gasteiger charge is -2.26. The van der Waals surface area contributed by atoms with Crippen molar-refractivity contribution < 1.29 is 0 Å². The molecule has 2 N–H and O–H groups in total. The van der Waals surface area contributed by atoms with Crippen LogP contribution < -0.4 is 10.6 Å². The van der Waals surface area contributed by atoms with Crippen molar-refractivity contribution in [3.05, 3.63) is 22.4 Å². The predicted octanol–water partition coefficient (Wildman–Crippen LogP) is 3.15. The maximum atomic E-state index is 4.45. The van der Waals surface area contributed by atoms with Crippen molar-refractivity contribution in [3.63, 3.8) is 0 Å². The van der Waals surface area contributed by atoms with Gasteiger partial charge in [0, 0.05) is 43.6 Å². The first-order valence-corrected chi connectivity index (χ1v) is 10.5. The number of likely N-dealkylation sites (tertiary alicyclic amines) is 1. The summed E-state index contributed by atoms with van der Waals surface area (Å²) in [6, 6.07) is 6.06. The molecule has 1 aliphatic carbocycles. The standard InChI is InChI=1S/C19H33N5S.HI/c1-20-19(21-13-17(23(2)3)18-9-6-12-25-18)22-15-10-11-24(14-15)16-7-4-5-8-16;/h6,9,12,15-17H,4-5,7-8,10-11,13-14H2,1-3H3,(H2,20,21,22);1H. The predicted molar refractivity (Wildman–Crippen MR) is 123 cm³/mol. The number of nitrogens with zero attached hydrogens (tertiary/aromatic N) is 3. The fourth-order valence-electron chi connectivity index (χ4n) is 4.11. The minimum absolute atomic E-state index is 0. The highest BCUT2D eigenvalue weighted by Gasteiger charge is 2.30. The lowest BCUT2D eigenvalue weighted by Crippen LogP contribution is -2.47. The van der Waals surface area contributed by atoms with Crippen LogP contribution in [-0.2, 0) is 0 Å². The highest BCUT2D eigenvalue weighted by atomic mass is 127. The first-order valence-electron chi connectivity index (χ1n) is 9.58. The molecule has 2 aliphatic rings. The van der Waals surface area contributed by atoms with Crippen molar-refractivity contribution >= 4 is 41.3 Å². The van der Waals surface area contributed by atoms with Crippen molar-refractivity contribution in [2.24, 2.45) is 4.99 Å². The molecule has 0 bridgehead atoms. The Hall–Kier alpha value is -0.380. The Kier molecular flexibility index (Phi) is 9.12. The second kappa shape index (κ2) is 10.8. The third-order valence-corrected chi connectivity index (χ3v) is 6.56. The summed E-state index contributed by atoms with van der Waals surface area (Å²) in [6.07, 6.45) is 6.84. The van der Waals surface area contributed by atoms with Crippen LogP contribution in [0.15, 0.2) is 22.5 Å². The molecule has 3 rings (SSSR count). The fourth-order valence-corrected chi connectivity index (χ4v) is 5.03. The monoisotopic (exact) mass is 491 g/mol. The smallest absolute Gasteiger partial charge is 0.191 e. The van der Waals surface area contributed by atoms with Crippen molar-refractivity contribution in [1.29, 1.82) is 0 Å². The van der Waals surface area contributed by atoms with Gasteiger partial charge in [-0.3, -0.25) is 9.89 Å². The molecule has 0 spiro atoms. The average Bonchev–Trinajstić information content (AvgIpc) is 3.35. The SMILES string of the molecule is CN=C(NCC(c1cccs1)N(C)C)NC1CCN(C2CCCC2)C1.I. The average molecular weight is 491 g/mol. The van der Waals surface area contributed by atoms with Gasteiger partial charge in [0.05, 0.1) is 6.04 Å². The Bertz CT molecular complexity index is 542. The summed E-state index contributed by atoms with van der Waals surface area (Å²) >= 11 is 1.82. The molecule has 0 radical (unpaired) electrons. The number of guanidine groups is 1. The second-order valence-electron chi connectivity index (χ2n) is 7.51. The maximum absolute atomic E-state index is 4.45. The molecule has 0 aromatic carbocycles. The van der Waals surface area contributed by atoms with E-state index in [4.69, 9.17) is 0 Å². The van der Waals surface area contributed by atoms with E-state index in [1.165, 1.54) is 43.5 Å². The summed E-state index contributed by atoms with van der Waals surface area (Å²) in [4.78, 5) is 10.8. The van der Waals surface area contributed by atoms with Crippen LogP contribution in [0.3, 0.4) is 0 Å². The molecule has 2 unspecified atom stereocenters. The molecule has 1 aromatic heterocycles. The van der Waals surface area contributed by atoms with Gasteiger partial charge in [-0.25, -0.2) is 0 Å². The van der Waals surface area contributed by atoms with Crippen molar-refractivity contribution in [2.45, 2.75) is 50.2 Å². The largest absolute Gasteiger partial charge is 0.354 e. The summed E-state index contributed by atoms with van der Waals surface area (Å²) in [5, 5.41) is 9.32. The van der Waals surface area contributed by atoms with E-state index in [1.54, 1.807) is 0 Å². The van der Waals surface area contributed by atoms with Gasteiger partial charge in [-0.2, -0.15) is 0 Å². The molecular weight excluding hydrogens is 457 g/mol. The Morgan fingerprint density at radius 1 is 1.35 bits per heavy atom. The molecule has 5 nitrogen and oxygen atoms in total. The number of halogens is 1. The summed E-state index contributed by atoms with van der Waals surface area (Å²) in [5.74, 6) is 0.932. The van der Waals surface area contributed by atoms with Crippen LogP contribution in [0.25, 0.3) is 0 Å². The molecule has 0 amide bonds.